The number of aromatic nitrogens is 3. The molecule has 6 aromatic rings. The van der Waals surface area contributed by atoms with Gasteiger partial charge in [-0.3, -0.25) is 0 Å². The lowest BCUT2D eigenvalue weighted by molar-refractivity contribution is -0.145. The molecule has 3 aromatic carbocycles. The first-order chi connectivity index (χ1) is 25.2. The number of carbonyl (C=O) groups is 1. The number of hydrogen-bond acceptors (Lipinski definition) is 9. The van der Waals surface area contributed by atoms with Gasteiger partial charge in [-0.25, -0.2) is 24.1 Å². The maximum Gasteiger partial charge on any atom is 0.345 e. The normalized spacial score (nSPS) is 12.4. The first kappa shape index (κ1) is 37.5. The lowest BCUT2D eigenvalue weighted by Gasteiger charge is -2.36. The van der Waals surface area contributed by atoms with Crippen molar-refractivity contribution in [3.63, 3.8) is 0 Å². The molecular weight excluding hydrogens is 761 g/mol. The molecule has 1 atom stereocenters. The van der Waals surface area contributed by atoms with Gasteiger partial charge in [0.15, 0.2) is 5.82 Å². The first-order valence-electron chi connectivity index (χ1n) is 16.9. The van der Waals surface area contributed by atoms with Gasteiger partial charge >= 0.3 is 5.97 Å². The molecular formula is C40H39BrFN3O7Si. The minimum atomic E-state index is -2.25. The number of pyridine rings is 1. The highest BCUT2D eigenvalue weighted by Gasteiger charge is 2.39. The van der Waals surface area contributed by atoms with Gasteiger partial charge in [-0.2, -0.15) is 0 Å². The van der Waals surface area contributed by atoms with E-state index in [2.05, 4.69) is 59.8 Å². The minimum Gasteiger partial charge on any atom is -0.543 e. The largest absolute Gasteiger partial charge is 0.543 e. The van der Waals surface area contributed by atoms with Crippen LogP contribution in [0.3, 0.4) is 0 Å². The molecule has 1 N–H and O–H groups in total. The van der Waals surface area contributed by atoms with Gasteiger partial charge in [0.25, 0.3) is 0 Å². The van der Waals surface area contributed by atoms with Crippen LogP contribution in [0.5, 0.6) is 23.1 Å². The lowest BCUT2D eigenvalue weighted by atomic mass is 10.1. The molecule has 1 unspecified atom stereocenters. The van der Waals surface area contributed by atoms with Crippen molar-refractivity contribution in [2.45, 2.75) is 58.0 Å². The van der Waals surface area contributed by atoms with E-state index in [0.29, 0.717) is 61.1 Å². The number of furan rings is 1. The van der Waals surface area contributed by atoms with E-state index in [1.165, 1.54) is 18.3 Å². The van der Waals surface area contributed by atoms with E-state index in [0.717, 1.165) is 5.56 Å². The second-order valence-electron chi connectivity index (χ2n) is 13.9. The Morgan fingerprint density at radius 1 is 0.981 bits per heavy atom. The zero-order valence-electron chi connectivity index (χ0n) is 30.1. The van der Waals surface area contributed by atoms with Gasteiger partial charge in [0.05, 0.1) is 28.2 Å². The second kappa shape index (κ2) is 15.4. The quantitative estimate of drug-likeness (QED) is 0.113. The zero-order valence-corrected chi connectivity index (χ0v) is 32.7. The molecule has 0 aliphatic rings. The molecule has 6 rings (SSSR count). The Bertz CT molecular complexity index is 2260. The van der Waals surface area contributed by atoms with Crippen LogP contribution < -0.4 is 18.6 Å². The van der Waals surface area contributed by atoms with Gasteiger partial charge in [0, 0.05) is 36.0 Å². The summed E-state index contributed by atoms with van der Waals surface area (Å²) in [4.78, 5) is 26.4. The van der Waals surface area contributed by atoms with E-state index in [4.69, 9.17) is 28.0 Å². The lowest BCUT2D eigenvalue weighted by Crippen LogP contribution is -2.43. The number of para-hydroxylation sites is 1. The number of halogens is 2. The van der Waals surface area contributed by atoms with Crippen LogP contribution in [0.2, 0.25) is 18.1 Å². The third-order valence-corrected chi connectivity index (χ3v) is 14.3. The molecule has 0 radical (unpaired) electrons. The Morgan fingerprint density at radius 3 is 2.43 bits per heavy atom. The SMILES string of the molecule is COc1ccccc1-c1nccc(COc2ccc(O[Si](C)(C)C(C)(C)C)cc2CC(Oc2nccc3oc(-c4ccc(F)cc4)c(Br)c23)C(=O)O)n1. The van der Waals surface area contributed by atoms with Crippen molar-refractivity contribution in [2.75, 3.05) is 7.11 Å². The average Bonchev–Trinajstić information content (AvgIpc) is 3.47. The van der Waals surface area contributed by atoms with Gasteiger partial charge < -0.3 is 28.2 Å². The van der Waals surface area contributed by atoms with Crippen molar-refractivity contribution in [2.24, 2.45) is 0 Å². The summed E-state index contributed by atoms with van der Waals surface area (Å²) < 4.78 is 44.8. The summed E-state index contributed by atoms with van der Waals surface area (Å²) in [5.74, 6) is 1.06. The van der Waals surface area contributed by atoms with Gasteiger partial charge in [-0.05, 0) is 94.7 Å². The highest BCUT2D eigenvalue weighted by Crippen LogP contribution is 2.42. The number of nitrogens with zero attached hydrogens (tertiary/aromatic N) is 3. The Morgan fingerprint density at radius 2 is 1.72 bits per heavy atom. The van der Waals surface area contributed by atoms with Crippen molar-refractivity contribution >= 4 is 41.2 Å². The number of carboxylic acids is 1. The van der Waals surface area contributed by atoms with Crippen molar-refractivity contribution < 1.29 is 37.3 Å². The maximum absolute atomic E-state index is 13.6. The van der Waals surface area contributed by atoms with Crippen LogP contribution >= 0.6 is 15.9 Å². The minimum absolute atomic E-state index is 0.0555. The Hall–Kier alpha value is -5.27. The van der Waals surface area contributed by atoms with E-state index >= 15 is 0 Å². The van der Waals surface area contributed by atoms with Crippen LogP contribution in [0.4, 0.5) is 4.39 Å². The molecule has 0 aliphatic heterocycles. The molecule has 0 spiro atoms. The van der Waals surface area contributed by atoms with Crippen molar-refractivity contribution in [1.82, 2.24) is 15.0 Å². The van der Waals surface area contributed by atoms with Crippen LogP contribution in [0.25, 0.3) is 33.7 Å². The monoisotopic (exact) mass is 799 g/mol. The number of hydrogen-bond donors (Lipinski definition) is 1. The molecule has 53 heavy (non-hydrogen) atoms. The third-order valence-electron chi connectivity index (χ3n) is 9.20. The van der Waals surface area contributed by atoms with Crippen molar-refractivity contribution in [3.8, 4) is 45.8 Å². The summed E-state index contributed by atoms with van der Waals surface area (Å²) >= 11 is 3.58. The molecule has 0 aliphatic carbocycles. The Balaban J connectivity index is 1.32. The first-order valence-corrected chi connectivity index (χ1v) is 20.6. The van der Waals surface area contributed by atoms with Gasteiger partial charge in [0.2, 0.25) is 20.3 Å². The number of fused-ring (bicyclic) bond motifs is 1. The summed E-state index contributed by atoms with van der Waals surface area (Å²) in [7, 11) is -0.661. The molecule has 0 amide bonds. The molecule has 10 nitrogen and oxygen atoms in total. The molecule has 13 heteroatoms. The van der Waals surface area contributed by atoms with Gasteiger partial charge in [-0.1, -0.05) is 32.9 Å². The Kier molecular flexibility index (Phi) is 10.9. The summed E-state index contributed by atoms with van der Waals surface area (Å²) in [6, 6.07) is 22.1. The molecule has 3 aromatic heterocycles. The predicted molar refractivity (Wildman–Crippen MR) is 205 cm³/mol. The fourth-order valence-corrected chi connectivity index (χ4v) is 7.02. The number of methoxy groups -OCH3 is 1. The summed E-state index contributed by atoms with van der Waals surface area (Å²) in [6.07, 6.45) is 1.66. The zero-order chi connectivity index (χ0) is 37.9. The van der Waals surface area contributed by atoms with Crippen LogP contribution in [0.15, 0.2) is 100 Å². The number of rotatable bonds is 13. The van der Waals surface area contributed by atoms with E-state index < -0.39 is 20.4 Å². The molecule has 274 valence electrons. The number of benzene rings is 3. The summed E-state index contributed by atoms with van der Waals surface area (Å²) in [5, 5.41) is 10.8. The summed E-state index contributed by atoms with van der Waals surface area (Å²) in [6.45, 7) is 10.8. The molecule has 3 heterocycles. The van der Waals surface area contributed by atoms with E-state index in [1.807, 2.05) is 36.4 Å². The van der Waals surface area contributed by atoms with Crippen LogP contribution in [-0.2, 0) is 17.8 Å². The molecule has 0 saturated heterocycles. The smallest absolute Gasteiger partial charge is 0.345 e. The van der Waals surface area contributed by atoms with E-state index in [-0.39, 0.29) is 29.8 Å². The second-order valence-corrected chi connectivity index (χ2v) is 19.4. The maximum atomic E-state index is 13.6. The molecule has 0 fully saturated rings. The predicted octanol–water partition coefficient (Wildman–Crippen LogP) is 9.90. The number of carboxylic acid groups (broad SMARTS) is 1. The summed E-state index contributed by atoms with van der Waals surface area (Å²) in [5.41, 5.74) is 2.93. The standard InChI is InChI=1S/C40H39BrFN3O7Si/c1-40(2,3)53(5,6)52-28-15-16-30(49-23-27-17-19-43-37(45-27)29-9-7-8-10-31(29)48-4)25(21-28)22-33(39(46)47)51-38-34-32(18-20-44-38)50-36(35(34)41)24-11-13-26(42)14-12-24/h7-21,33H,22-23H2,1-6H3,(H,46,47). The van der Waals surface area contributed by atoms with Crippen LogP contribution in [0, 0.1) is 5.82 Å². The van der Waals surface area contributed by atoms with Crippen LogP contribution in [0.1, 0.15) is 32.0 Å². The van der Waals surface area contributed by atoms with Gasteiger partial charge in [0.1, 0.15) is 41.0 Å². The van der Waals surface area contributed by atoms with Crippen LogP contribution in [-0.4, -0.2) is 47.6 Å². The van der Waals surface area contributed by atoms with Crippen molar-refractivity contribution in [3.05, 3.63) is 113 Å². The fourth-order valence-electron chi connectivity index (χ4n) is 5.33. The van der Waals surface area contributed by atoms with Gasteiger partial charge in [-0.15, -0.1) is 0 Å². The number of ether oxygens (including phenoxy) is 3. The molecule has 0 bridgehead atoms. The average molecular weight is 801 g/mol. The van der Waals surface area contributed by atoms with E-state index in [1.54, 1.807) is 43.6 Å². The topological polar surface area (TPSA) is 126 Å². The van der Waals surface area contributed by atoms with E-state index in [9.17, 15) is 14.3 Å². The Labute approximate surface area is 316 Å². The molecule has 0 saturated carbocycles. The van der Waals surface area contributed by atoms with Crippen molar-refractivity contribution in [1.29, 1.82) is 0 Å². The highest BCUT2D eigenvalue weighted by atomic mass is 79.9. The third kappa shape index (κ3) is 8.36. The number of aliphatic carboxylic acids is 1. The fraction of sp³-hybridized carbons (Fsp3) is 0.250. The highest BCUT2D eigenvalue weighted by molar-refractivity contribution is 9.10.